The van der Waals surface area contributed by atoms with E-state index < -0.39 is 0 Å². The number of halogens is 1. The molecule has 0 aliphatic carbocycles. The number of rotatable bonds is 5. The predicted octanol–water partition coefficient (Wildman–Crippen LogP) is 0.439. The summed E-state index contributed by atoms with van der Waals surface area (Å²) in [6, 6.07) is 5.44. The van der Waals surface area contributed by atoms with E-state index in [0.29, 0.717) is 11.4 Å². The van der Waals surface area contributed by atoms with Crippen molar-refractivity contribution in [3.05, 3.63) is 23.8 Å². The number of amides is 2. The molecule has 106 valence electrons. The first-order chi connectivity index (χ1) is 8.56. The molecule has 0 bridgehead atoms. The van der Waals surface area contributed by atoms with Gasteiger partial charge in [-0.05, 0) is 24.6 Å². The fraction of sp³-hybridized carbons (Fsp3) is 0.333. The molecule has 0 saturated heterocycles. The summed E-state index contributed by atoms with van der Waals surface area (Å²) in [5.41, 5.74) is 6.68. The third-order valence-electron chi connectivity index (χ3n) is 2.26. The standard InChI is InChI=1S/C12H17N3O3.ClH/c1-8-3-4-10(18-2)9(5-8)15-12(17)7-14-11(16)6-13;/h3-5H,6-7,13H2,1-2H3,(H,14,16)(H,15,17);1H. The van der Waals surface area contributed by atoms with Crippen LogP contribution in [0.5, 0.6) is 5.75 Å². The van der Waals surface area contributed by atoms with Crippen LogP contribution in [0.15, 0.2) is 18.2 Å². The quantitative estimate of drug-likeness (QED) is 0.732. The van der Waals surface area contributed by atoms with Crippen molar-refractivity contribution in [2.75, 3.05) is 25.5 Å². The van der Waals surface area contributed by atoms with E-state index in [9.17, 15) is 9.59 Å². The number of methoxy groups -OCH3 is 1. The van der Waals surface area contributed by atoms with Gasteiger partial charge in [0, 0.05) is 0 Å². The Morgan fingerprint density at radius 1 is 1.32 bits per heavy atom. The Hall–Kier alpha value is -1.79. The number of carbonyl (C=O) groups excluding carboxylic acids is 2. The zero-order chi connectivity index (χ0) is 13.5. The minimum Gasteiger partial charge on any atom is -0.495 e. The van der Waals surface area contributed by atoms with Gasteiger partial charge < -0.3 is 21.1 Å². The van der Waals surface area contributed by atoms with Crippen molar-refractivity contribution < 1.29 is 14.3 Å². The molecule has 1 aromatic carbocycles. The summed E-state index contributed by atoms with van der Waals surface area (Å²) in [5.74, 6) is -0.138. The van der Waals surface area contributed by atoms with E-state index in [0.717, 1.165) is 5.56 Å². The maximum Gasteiger partial charge on any atom is 0.243 e. The van der Waals surface area contributed by atoms with Gasteiger partial charge in [0.05, 0.1) is 25.9 Å². The molecule has 19 heavy (non-hydrogen) atoms. The molecule has 0 atom stereocenters. The summed E-state index contributed by atoms with van der Waals surface area (Å²) in [6.45, 7) is 1.65. The molecule has 0 heterocycles. The van der Waals surface area contributed by atoms with Gasteiger partial charge >= 0.3 is 0 Å². The van der Waals surface area contributed by atoms with Gasteiger partial charge in [-0.25, -0.2) is 0 Å². The molecule has 0 radical (unpaired) electrons. The number of hydrogen-bond acceptors (Lipinski definition) is 4. The van der Waals surface area contributed by atoms with Crippen molar-refractivity contribution >= 4 is 29.9 Å². The van der Waals surface area contributed by atoms with E-state index in [2.05, 4.69) is 10.6 Å². The van der Waals surface area contributed by atoms with Crippen LogP contribution in [0.4, 0.5) is 5.69 Å². The number of benzene rings is 1. The Balaban J connectivity index is 0.00000324. The number of ether oxygens (including phenoxy) is 1. The normalized spacial score (nSPS) is 9.21. The van der Waals surface area contributed by atoms with E-state index >= 15 is 0 Å². The van der Waals surface area contributed by atoms with Gasteiger partial charge in [0.1, 0.15) is 5.75 Å². The second-order valence-electron chi connectivity index (χ2n) is 3.73. The van der Waals surface area contributed by atoms with Crippen LogP contribution in [0, 0.1) is 6.92 Å². The highest BCUT2D eigenvalue weighted by atomic mass is 35.5. The summed E-state index contributed by atoms with van der Waals surface area (Å²) in [6.07, 6.45) is 0. The Kier molecular flexibility index (Phi) is 7.55. The second-order valence-corrected chi connectivity index (χ2v) is 3.73. The zero-order valence-electron chi connectivity index (χ0n) is 10.9. The van der Waals surface area contributed by atoms with Gasteiger partial charge in [-0.1, -0.05) is 6.07 Å². The lowest BCUT2D eigenvalue weighted by Crippen LogP contribution is -2.36. The molecule has 0 aliphatic heterocycles. The molecule has 1 rings (SSSR count). The van der Waals surface area contributed by atoms with Crippen LogP contribution < -0.4 is 21.1 Å². The summed E-state index contributed by atoms with van der Waals surface area (Å²) in [4.78, 5) is 22.5. The van der Waals surface area contributed by atoms with Crippen LogP contribution in [0.2, 0.25) is 0 Å². The third kappa shape index (κ3) is 5.58. The van der Waals surface area contributed by atoms with Crippen LogP contribution >= 0.6 is 12.4 Å². The van der Waals surface area contributed by atoms with Gasteiger partial charge in [-0.3, -0.25) is 9.59 Å². The molecule has 0 fully saturated rings. The first-order valence-electron chi connectivity index (χ1n) is 5.48. The molecule has 0 saturated carbocycles. The molecule has 4 N–H and O–H groups in total. The van der Waals surface area contributed by atoms with Gasteiger partial charge in [0.15, 0.2) is 0 Å². The Morgan fingerprint density at radius 2 is 2.00 bits per heavy atom. The van der Waals surface area contributed by atoms with E-state index in [1.54, 1.807) is 12.1 Å². The van der Waals surface area contributed by atoms with E-state index in [1.807, 2.05) is 13.0 Å². The first-order valence-corrected chi connectivity index (χ1v) is 5.48. The number of nitrogens with two attached hydrogens (primary N) is 1. The maximum atomic E-state index is 11.6. The van der Waals surface area contributed by atoms with Gasteiger partial charge in [0.2, 0.25) is 11.8 Å². The fourth-order valence-electron chi connectivity index (χ4n) is 1.36. The molecule has 0 spiro atoms. The summed E-state index contributed by atoms with van der Waals surface area (Å²) in [7, 11) is 1.52. The second kappa shape index (κ2) is 8.34. The number of anilines is 1. The van der Waals surface area contributed by atoms with Crippen molar-refractivity contribution in [3.8, 4) is 5.75 Å². The largest absolute Gasteiger partial charge is 0.495 e. The lowest BCUT2D eigenvalue weighted by Gasteiger charge is -2.11. The smallest absolute Gasteiger partial charge is 0.243 e. The topological polar surface area (TPSA) is 93.5 Å². The molecular weight excluding hydrogens is 270 g/mol. The SMILES string of the molecule is COc1ccc(C)cc1NC(=O)CNC(=O)CN.Cl. The van der Waals surface area contributed by atoms with Crippen molar-refractivity contribution in [1.82, 2.24) is 5.32 Å². The average Bonchev–Trinajstić information content (AvgIpc) is 2.36. The van der Waals surface area contributed by atoms with Crippen LogP contribution in [-0.4, -0.2) is 32.0 Å². The molecule has 7 heteroatoms. The molecule has 0 aliphatic rings. The molecule has 0 unspecified atom stereocenters. The number of aryl methyl sites for hydroxylation is 1. The number of nitrogens with one attached hydrogen (secondary N) is 2. The fourth-order valence-corrected chi connectivity index (χ4v) is 1.36. The molecule has 0 aromatic heterocycles. The predicted molar refractivity (Wildman–Crippen MR) is 75.7 cm³/mol. The lowest BCUT2D eigenvalue weighted by atomic mass is 10.2. The number of hydrogen-bond donors (Lipinski definition) is 3. The molecule has 1 aromatic rings. The van der Waals surface area contributed by atoms with E-state index in [-0.39, 0.29) is 37.3 Å². The van der Waals surface area contributed by atoms with Gasteiger partial charge in [-0.2, -0.15) is 0 Å². The van der Waals surface area contributed by atoms with E-state index in [1.165, 1.54) is 7.11 Å². The summed E-state index contributed by atoms with van der Waals surface area (Å²) in [5, 5.41) is 5.05. The Morgan fingerprint density at radius 3 is 2.58 bits per heavy atom. The molecule has 2 amide bonds. The van der Waals surface area contributed by atoms with Crippen LogP contribution in [0.1, 0.15) is 5.56 Å². The Bertz CT molecular complexity index is 452. The average molecular weight is 288 g/mol. The highest BCUT2D eigenvalue weighted by Crippen LogP contribution is 2.24. The van der Waals surface area contributed by atoms with Crippen molar-refractivity contribution in [2.45, 2.75) is 6.92 Å². The first kappa shape index (κ1) is 17.2. The maximum absolute atomic E-state index is 11.6. The highest BCUT2D eigenvalue weighted by Gasteiger charge is 2.08. The minimum absolute atomic E-state index is 0. The molecular formula is C12H18ClN3O3. The van der Waals surface area contributed by atoms with Crippen LogP contribution in [0.25, 0.3) is 0 Å². The lowest BCUT2D eigenvalue weighted by molar-refractivity contribution is -0.123. The van der Waals surface area contributed by atoms with Crippen molar-refractivity contribution in [3.63, 3.8) is 0 Å². The highest BCUT2D eigenvalue weighted by molar-refractivity contribution is 5.95. The van der Waals surface area contributed by atoms with Gasteiger partial charge in [-0.15, -0.1) is 12.4 Å². The Labute approximate surface area is 118 Å². The monoisotopic (exact) mass is 287 g/mol. The minimum atomic E-state index is -0.374. The summed E-state index contributed by atoms with van der Waals surface area (Å²) < 4.78 is 5.13. The zero-order valence-corrected chi connectivity index (χ0v) is 11.7. The summed E-state index contributed by atoms with van der Waals surface area (Å²) >= 11 is 0. The number of carbonyl (C=O) groups is 2. The molecule has 6 nitrogen and oxygen atoms in total. The van der Waals surface area contributed by atoms with E-state index in [4.69, 9.17) is 10.5 Å². The van der Waals surface area contributed by atoms with Crippen molar-refractivity contribution in [1.29, 1.82) is 0 Å². The van der Waals surface area contributed by atoms with Crippen LogP contribution in [0.3, 0.4) is 0 Å². The van der Waals surface area contributed by atoms with Crippen LogP contribution in [-0.2, 0) is 9.59 Å². The van der Waals surface area contributed by atoms with Crippen molar-refractivity contribution in [2.24, 2.45) is 5.73 Å². The third-order valence-corrected chi connectivity index (χ3v) is 2.26. The van der Waals surface area contributed by atoms with Gasteiger partial charge in [0.25, 0.3) is 0 Å².